The second-order valence-electron chi connectivity index (χ2n) is 4.25. The van der Waals surface area contributed by atoms with Gasteiger partial charge in [0.05, 0.1) is 17.3 Å². The summed E-state index contributed by atoms with van der Waals surface area (Å²) in [5.41, 5.74) is 3.15. The Morgan fingerprint density at radius 2 is 1.72 bits per heavy atom. The van der Waals surface area contributed by atoms with Gasteiger partial charge in [-0.05, 0) is 31.2 Å². The maximum atomic E-state index is 6.11. The fourth-order valence-corrected chi connectivity index (χ4v) is 2.01. The van der Waals surface area contributed by atoms with Crippen LogP contribution in [0.4, 0.5) is 5.69 Å². The zero-order valence-electron chi connectivity index (χ0n) is 10.3. The molecule has 0 saturated carbocycles. The van der Waals surface area contributed by atoms with Gasteiger partial charge in [-0.25, -0.2) is 4.98 Å². The zero-order valence-corrected chi connectivity index (χ0v) is 11.8. The molecule has 0 saturated heterocycles. The first kappa shape index (κ1) is 13.2. The van der Waals surface area contributed by atoms with E-state index in [2.05, 4.69) is 41.1 Å². The smallest absolute Gasteiger partial charge is 0.129 e. The third kappa shape index (κ3) is 3.15. The van der Waals surface area contributed by atoms with Gasteiger partial charge in [0.15, 0.2) is 0 Å². The molecule has 2 aromatic rings. The lowest BCUT2D eigenvalue weighted by molar-refractivity contribution is 0.885. The summed E-state index contributed by atoms with van der Waals surface area (Å²) in [6, 6.07) is 11.8. The van der Waals surface area contributed by atoms with Crippen LogP contribution >= 0.6 is 23.2 Å². The van der Waals surface area contributed by atoms with Gasteiger partial charge < -0.3 is 4.90 Å². The van der Waals surface area contributed by atoms with Gasteiger partial charge in [-0.3, -0.25) is 0 Å². The van der Waals surface area contributed by atoms with Crippen LogP contribution in [0.5, 0.6) is 0 Å². The van der Waals surface area contributed by atoms with Gasteiger partial charge >= 0.3 is 0 Å². The molecule has 0 fully saturated rings. The van der Waals surface area contributed by atoms with Gasteiger partial charge in [0, 0.05) is 12.7 Å². The lowest BCUT2D eigenvalue weighted by Gasteiger charge is -2.19. The molecule has 0 atom stereocenters. The maximum absolute atomic E-state index is 6.11. The first-order valence-electron chi connectivity index (χ1n) is 5.65. The zero-order chi connectivity index (χ0) is 13.1. The van der Waals surface area contributed by atoms with Crippen molar-refractivity contribution in [2.75, 3.05) is 11.9 Å². The van der Waals surface area contributed by atoms with Crippen LogP contribution in [-0.2, 0) is 6.54 Å². The molecule has 0 aliphatic carbocycles. The largest absolute Gasteiger partial charge is 0.369 e. The predicted molar refractivity (Wildman–Crippen MR) is 77.5 cm³/mol. The van der Waals surface area contributed by atoms with E-state index in [1.54, 1.807) is 12.1 Å². The van der Waals surface area contributed by atoms with Gasteiger partial charge in [0.25, 0.3) is 0 Å². The number of hydrogen-bond acceptors (Lipinski definition) is 2. The van der Waals surface area contributed by atoms with Gasteiger partial charge in [-0.15, -0.1) is 0 Å². The molecule has 2 nitrogen and oxygen atoms in total. The topological polar surface area (TPSA) is 16.1 Å². The molecule has 0 aliphatic rings. The van der Waals surface area contributed by atoms with E-state index in [-0.39, 0.29) is 0 Å². The number of rotatable bonds is 3. The van der Waals surface area contributed by atoms with Crippen molar-refractivity contribution in [3.8, 4) is 0 Å². The number of aryl methyl sites for hydroxylation is 1. The molecule has 1 aromatic heterocycles. The summed E-state index contributed by atoms with van der Waals surface area (Å²) >= 11 is 12.0. The lowest BCUT2D eigenvalue weighted by atomic mass is 10.2. The summed E-state index contributed by atoms with van der Waals surface area (Å²) < 4.78 is 0. The van der Waals surface area contributed by atoms with Crippen molar-refractivity contribution in [1.82, 2.24) is 4.98 Å². The van der Waals surface area contributed by atoms with Crippen molar-refractivity contribution < 1.29 is 0 Å². The fourth-order valence-electron chi connectivity index (χ4n) is 1.68. The van der Waals surface area contributed by atoms with E-state index in [0.717, 1.165) is 11.4 Å². The molecule has 4 heteroatoms. The Morgan fingerprint density at radius 3 is 2.39 bits per heavy atom. The Bertz CT molecular complexity index is 538. The molecule has 1 heterocycles. The summed E-state index contributed by atoms with van der Waals surface area (Å²) in [6.07, 6.45) is 0. The summed E-state index contributed by atoms with van der Waals surface area (Å²) in [5.74, 6) is 0. The second-order valence-corrected chi connectivity index (χ2v) is 5.05. The highest BCUT2D eigenvalue weighted by Crippen LogP contribution is 2.21. The van der Waals surface area contributed by atoms with Crippen molar-refractivity contribution in [2.24, 2.45) is 0 Å². The van der Waals surface area contributed by atoms with E-state index in [4.69, 9.17) is 23.2 Å². The Balaban J connectivity index is 2.18. The first-order valence-corrected chi connectivity index (χ1v) is 6.40. The number of halogens is 2. The first-order chi connectivity index (χ1) is 8.56. The van der Waals surface area contributed by atoms with Crippen molar-refractivity contribution in [3.63, 3.8) is 0 Å². The molecule has 0 amide bonds. The van der Waals surface area contributed by atoms with Crippen LogP contribution in [0.1, 0.15) is 11.3 Å². The SMILES string of the molecule is Cc1ccc(N(C)Cc2nc(Cl)ccc2Cl)cc1. The predicted octanol–water partition coefficient (Wildman–Crippen LogP) is 4.33. The lowest BCUT2D eigenvalue weighted by Crippen LogP contribution is -2.17. The molecule has 2 rings (SSSR count). The Labute approximate surface area is 117 Å². The van der Waals surface area contributed by atoms with Crippen LogP contribution in [0.3, 0.4) is 0 Å². The maximum Gasteiger partial charge on any atom is 0.129 e. The Morgan fingerprint density at radius 1 is 1.06 bits per heavy atom. The molecule has 1 aromatic carbocycles. The molecule has 0 aliphatic heterocycles. The minimum absolute atomic E-state index is 0.465. The number of nitrogens with zero attached hydrogens (tertiary/aromatic N) is 2. The highest BCUT2D eigenvalue weighted by atomic mass is 35.5. The number of benzene rings is 1. The average molecular weight is 281 g/mol. The molecular weight excluding hydrogens is 267 g/mol. The standard InChI is InChI=1S/C14H14Cl2N2/c1-10-3-5-11(6-4-10)18(2)9-13-12(15)7-8-14(16)17-13/h3-8H,9H2,1-2H3. The van der Waals surface area contributed by atoms with Crippen molar-refractivity contribution in [1.29, 1.82) is 0 Å². The highest BCUT2D eigenvalue weighted by molar-refractivity contribution is 6.32. The average Bonchev–Trinajstić information content (AvgIpc) is 2.34. The van der Waals surface area contributed by atoms with E-state index in [9.17, 15) is 0 Å². The van der Waals surface area contributed by atoms with Crippen LogP contribution in [0, 0.1) is 6.92 Å². The number of anilines is 1. The highest BCUT2D eigenvalue weighted by Gasteiger charge is 2.07. The third-order valence-electron chi connectivity index (χ3n) is 2.75. The van der Waals surface area contributed by atoms with E-state index >= 15 is 0 Å². The van der Waals surface area contributed by atoms with E-state index in [1.165, 1.54) is 5.56 Å². The Kier molecular flexibility index (Phi) is 4.10. The molecule has 0 N–H and O–H groups in total. The Hall–Kier alpha value is -1.25. The minimum atomic E-state index is 0.465. The van der Waals surface area contributed by atoms with Crippen LogP contribution in [0.25, 0.3) is 0 Å². The van der Waals surface area contributed by atoms with Gasteiger partial charge in [-0.2, -0.15) is 0 Å². The van der Waals surface area contributed by atoms with Crippen LogP contribution < -0.4 is 4.90 Å². The quantitative estimate of drug-likeness (QED) is 0.778. The van der Waals surface area contributed by atoms with Gasteiger partial charge in [0.2, 0.25) is 0 Å². The van der Waals surface area contributed by atoms with Crippen molar-refractivity contribution in [3.05, 3.63) is 57.8 Å². The van der Waals surface area contributed by atoms with E-state index < -0.39 is 0 Å². The monoisotopic (exact) mass is 280 g/mol. The van der Waals surface area contributed by atoms with Crippen LogP contribution in [0.2, 0.25) is 10.2 Å². The van der Waals surface area contributed by atoms with Crippen molar-refractivity contribution in [2.45, 2.75) is 13.5 Å². The normalized spacial score (nSPS) is 10.4. The molecule has 0 spiro atoms. The molecule has 0 bridgehead atoms. The van der Waals surface area contributed by atoms with Gasteiger partial charge in [-0.1, -0.05) is 40.9 Å². The summed E-state index contributed by atoms with van der Waals surface area (Å²) in [7, 11) is 2.00. The summed E-state index contributed by atoms with van der Waals surface area (Å²) in [4.78, 5) is 6.33. The second kappa shape index (κ2) is 5.59. The van der Waals surface area contributed by atoms with E-state index in [0.29, 0.717) is 16.7 Å². The number of hydrogen-bond donors (Lipinski definition) is 0. The third-order valence-corrected chi connectivity index (χ3v) is 3.30. The summed E-state index contributed by atoms with van der Waals surface area (Å²) in [5, 5.41) is 1.10. The van der Waals surface area contributed by atoms with Gasteiger partial charge in [0.1, 0.15) is 5.15 Å². The van der Waals surface area contributed by atoms with Crippen molar-refractivity contribution >= 4 is 28.9 Å². The van der Waals surface area contributed by atoms with Crippen LogP contribution in [-0.4, -0.2) is 12.0 Å². The molecule has 0 radical (unpaired) electrons. The molecule has 94 valence electrons. The molecule has 0 unspecified atom stereocenters. The minimum Gasteiger partial charge on any atom is -0.369 e. The van der Waals surface area contributed by atoms with Crippen LogP contribution in [0.15, 0.2) is 36.4 Å². The van der Waals surface area contributed by atoms with E-state index in [1.807, 2.05) is 7.05 Å². The number of aromatic nitrogens is 1. The molecular formula is C14H14Cl2N2. The fraction of sp³-hybridized carbons (Fsp3) is 0.214. The summed E-state index contributed by atoms with van der Waals surface area (Å²) in [6.45, 7) is 2.70. The molecule has 18 heavy (non-hydrogen) atoms. The number of pyridine rings is 1.